The Kier molecular flexibility index (Phi) is 2.37. The molecule has 17 heavy (non-hydrogen) atoms. The molecule has 0 amide bonds. The predicted octanol–water partition coefficient (Wildman–Crippen LogP) is 3.28. The van der Waals surface area contributed by atoms with Crippen LogP contribution in [0.1, 0.15) is 32.3 Å². The molecule has 0 bridgehead atoms. The Labute approximate surface area is 110 Å². The van der Waals surface area contributed by atoms with Crippen LogP contribution in [0, 0.1) is 0 Å². The number of nitrogens with zero attached hydrogens (tertiary/aromatic N) is 1. The van der Waals surface area contributed by atoms with Crippen LogP contribution < -0.4 is 4.90 Å². The molecule has 90 valence electrons. The summed E-state index contributed by atoms with van der Waals surface area (Å²) in [6.45, 7) is 5.58. The van der Waals surface area contributed by atoms with Gasteiger partial charge in [-0.1, -0.05) is 35.8 Å². The Morgan fingerprint density at radius 3 is 2.71 bits per heavy atom. The number of Topliss-reactive ketones (excluding diaryl/α,β-unsaturated/α-hetero) is 1. The van der Waals surface area contributed by atoms with Crippen molar-refractivity contribution in [2.45, 2.75) is 38.1 Å². The minimum Gasteiger partial charge on any atom is -0.367 e. The number of hydrogen-bond acceptors (Lipinski definition) is 2. The second kappa shape index (κ2) is 3.58. The van der Waals surface area contributed by atoms with Crippen molar-refractivity contribution in [3.63, 3.8) is 0 Å². The van der Waals surface area contributed by atoms with Crippen LogP contribution in [-0.2, 0) is 10.2 Å². The predicted molar refractivity (Wildman–Crippen MR) is 72.5 cm³/mol. The lowest BCUT2D eigenvalue weighted by molar-refractivity contribution is -0.124. The number of hydrogen-bond donors (Lipinski definition) is 0. The highest BCUT2D eigenvalue weighted by Crippen LogP contribution is 2.44. The molecule has 1 aromatic rings. The third-order valence-corrected chi connectivity index (χ3v) is 4.42. The normalized spacial score (nSPS) is 22.5. The molecule has 2 nitrogen and oxygen atoms in total. The van der Waals surface area contributed by atoms with E-state index in [1.165, 1.54) is 11.3 Å². The van der Waals surface area contributed by atoms with Crippen LogP contribution in [0.25, 0.3) is 0 Å². The number of carbonyl (C=O) groups is 1. The fourth-order valence-corrected chi connectivity index (χ4v) is 3.27. The minimum atomic E-state index is 0.189. The van der Waals surface area contributed by atoms with E-state index in [1.807, 2.05) is 0 Å². The summed E-state index contributed by atoms with van der Waals surface area (Å²) >= 11 is 3.54. The van der Waals surface area contributed by atoms with Crippen LogP contribution in [0.5, 0.6) is 0 Å². The highest BCUT2D eigenvalue weighted by Gasteiger charge is 2.42. The molecule has 0 aromatic heterocycles. The van der Waals surface area contributed by atoms with E-state index >= 15 is 0 Å². The first-order valence-electron chi connectivity index (χ1n) is 6.06. The molecule has 1 fully saturated rings. The number of fused-ring (bicyclic) bond motifs is 1. The first kappa shape index (κ1) is 11.3. The van der Waals surface area contributed by atoms with Crippen LogP contribution in [0.3, 0.4) is 0 Å². The van der Waals surface area contributed by atoms with Gasteiger partial charge < -0.3 is 4.90 Å². The lowest BCUT2D eigenvalue weighted by atomic mass is 9.87. The Balaban J connectivity index is 2.00. The molecule has 1 aromatic carbocycles. The van der Waals surface area contributed by atoms with E-state index in [4.69, 9.17) is 0 Å². The van der Waals surface area contributed by atoms with Gasteiger partial charge in [0.15, 0.2) is 0 Å². The van der Waals surface area contributed by atoms with Gasteiger partial charge in [0.2, 0.25) is 0 Å². The lowest BCUT2D eigenvalue weighted by Crippen LogP contribution is -2.46. The second-order valence-corrected chi connectivity index (χ2v) is 6.69. The Morgan fingerprint density at radius 2 is 2.06 bits per heavy atom. The average Bonchev–Trinajstić information content (AvgIpc) is 2.46. The van der Waals surface area contributed by atoms with Gasteiger partial charge in [0.25, 0.3) is 0 Å². The second-order valence-electron chi connectivity index (χ2n) is 5.77. The smallest absolute Gasteiger partial charge is 0.137 e. The van der Waals surface area contributed by atoms with Gasteiger partial charge >= 0.3 is 0 Å². The molecule has 1 aliphatic carbocycles. The number of carbonyl (C=O) groups excluding carboxylic acids is 1. The molecule has 1 heterocycles. The first-order chi connectivity index (χ1) is 7.97. The molecular weight excluding hydrogens is 278 g/mol. The molecule has 0 N–H and O–H groups in total. The number of anilines is 1. The highest BCUT2D eigenvalue weighted by atomic mass is 79.9. The molecule has 1 saturated carbocycles. The van der Waals surface area contributed by atoms with Crippen molar-refractivity contribution in [1.29, 1.82) is 0 Å². The van der Waals surface area contributed by atoms with E-state index in [2.05, 4.69) is 52.9 Å². The van der Waals surface area contributed by atoms with E-state index in [-0.39, 0.29) is 5.41 Å². The summed E-state index contributed by atoms with van der Waals surface area (Å²) < 4.78 is 1.12. The molecule has 0 radical (unpaired) electrons. The first-order valence-corrected chi connectivity index (χ1v) is 6.85. The summed E-state index contributed by atoms with van der Waals surface area (Å²) in [6, 6.07) is 6.93. The maximum atomic E-state index is 11.2. The van der Waals surface area contributed by atoms with Gasteiger partial charge in [-0.05, 0) is 17.7 Å². The number of benzene rings is 1. The van der Waals surface area contributed by atoms with Gasteiger partial charge in [0.05, 0.1) is 0 Å². The van der Waals surface area contributed by atoms with Gasteiger partial charge in [0, 0.05) is 41.0 Å². The van der Waals surface area contributed by atoms with Gasteiger partial charge in [-0.25, -0.2) is 0 Å². The summed E-state index contributed by atoms with van der Waals surface area (Å²) in [5, 5.41) is 0. The lowest BCUT2D eigenvalue weighted by Gasteiger charge is -2.36. The van der Waals surface area contributed by atoms with Crippen molar-refractivity contribution < 1.29 is 4.79 Å². The maximum Gasteiger partial charge on any atom is 0.137 e. The van der Waals surface area contributed by atoms with Crippen molar-refractivity contribution in [2.24, 2.45) is 0 Å². The van der Waals surface area contributed by atoms with E-state index in [9.17, 15) is 4.79 Å². The number of ketones is 1. The quantitative estimate of drug-likeness (QED) is 0.792. The Morgan fingerprint density at radius 1 is 1.35 bits per heavy atom. The van der Waals surface area contributed by atoms with Crippen LogP contribution >= 0.6 is 15.9 Å². The zero-order valence-electron chi connectivity index (χ0n) is 10.2. The highest BCUT2D eigenvalue weighted by molar-refractivity contribution is 9.10. The molecule has 0 saturated heterocycles. The Hall–Kier alpha value is -0.830. The third-order valence-electron chi connectivity index (χ3n) is 3.93. The van der Waals surface area contributed by atoms with Crippen molar-refractivity contribution in [1.82, 2.24) is 0 Å². The summed E-state index contributed by atoms with van der Waals surface area (Å²) in [7, 11) is 0. The maximum absolute atomic E-state index is 11.2. The molecule has 2 aliphatic rings. The molecule has 0 spiro atoms. The van der Waals surface area contributed by atoms with Crippen LogP contribution in [0.2, 0.25) is 0 Å². The van der Waals surface area contributed by atoms with Crippen molar-refractivity contribution in [2.75, 3.05) is 11.4 Å². The zero-order chi connectivity index (χ0) is 12.2. The standard InChI is InChI=1S/C14H16BrNO/c1-14(2)8-16(10-6-11(17)7-10)13-5-9(15)3-4-12(13)14/h3-5,10H,6-8H2,1-2H3. The minimum absolute atomic E-state index is 0.189. The fraction of sp³-hybridized carbons (Fsp3) is 0.500. The van der Waals surface area contributed by atoms with Gasteiger partial charge in [-0.3, -0.25) is 4.79 Å². The fourth-order valence-electron chi connectivity index (χ4n) is 2.92. The van der Waals surface area contributed by atoms with Crippen molar-refractivity contribution >= 4 is 27.4 Å². The largest absolute Gasteiger partial charge is 0.367 e. The molecule has 0 unspecified atom stereocenters. The Bertz CT molecular complexity index is 487. The van der Waals surface area contributed by atoms with Crippen LogP contribution in [0.15, 0.2) is 22.7 Å². The molecule has 3 rings (SSSR count). The van der Waals surface area contributed by atoms with Crippen molar-refractivity contribution in [3.8, 4) is 0 Å². The number of rotatable bonds is 1. The SMILES string of the molecule is CC1(C)CN(C2CC(=O)C2)c2cc(Br)ccc21. The summed E-state index contributed by atoms with van der Waals surface area (Å²) in [5.41, 5.74) is 2.90. The van der Waals surface area contributed by atoms with E-state index in [1.54, 1.807) is 0 Å². The molecule has 0 atom stereocenters. The van der Waals surface area contributed by atoms with Gasteiger partial charge in [0.1, 0.15) is 5.78 Å². The number of halogens is 1. The topological polar surface area (TPSA) is 20.3 Å². The summed E-state index contributed by atoms with van der Waals surface area (Å²) in [5.74, 6) is 0.399. The monoisotopic (exact) mass is 293 g/mol. The van der Waals surface area contributed by atoms with Crippen LogP contribution in [-0.4, -0.2) is 18.4 Å². The van der Waals surface area contributed by atoms with E-state index in [0.717, 1.165) is 23.9 Å². The van der Waals surface area contributed by atoms with Crippen molar-refractivity contribution in [3.05, 3.63) is 28.2 Å². The van der Waals surface area contributed by atoms with Crippen LogP contribution in [0.4, 0.5) is 5.69 Å². The third kappa shape index (κ3) is 1.71. The summed E-state index contributed by atoms with van der Waals surface area (Å²) in [4.78, 5) is 13.6. The zero-order valence-corrected chi connectivity index (χ0v) is 11.8. The molecule has 1 aliphatic heterocycles. The summed E-state index contributed by atoms with van der Waals surface area (Å²) in [6.07, 6.45) is 1.45. The van der Waals surface area contributed by atoms with Gasteiger partial charge in [-0.2, -0.15) is 0 Å². The average molecular weight is 294 g/mol. The van der Waals surface area contributed by atoms with E-state index in [0.29, 0.717) is 11.8 Å². The van der Waals surface area contributed by atoms with E-state index < -0.39 is 0 Å². The molecule has 3 heteroatoms. The van der Waals surface area contributed by atoms with Gasteiger partial charge in [-0.15, -0.1) is 0 Å². The molecular formula is C14H16BrNO.